The van der Waals surface area contributed by atoms with Crippen LogP contribution in [0.2, 0.25) is 0 Å². The highest BCUT2D eigenvalue weighted by atomic mass is 32.2. The number of nitrogens with zero attached hydrogens (tertiary/aromatic N) is 1. The number of unbranched alkanes of at least 4 members (excludes halogenated alkanes) is 3. The molecule has 3 rings (SSSR count). The molecule has 2 aromatic rings. The molecule has 0 saturated carbocycles. The molecule has 1 aliphatic rings. The Hall–Kier alpha value is -2.08. The number of hydrogen-bond acceptors (Lipinski definition) is 3. The smallest absolute Gasteiger partial charge is 0.265 e. The second-order valence-electron chi connectivity index (χ2n) is 6.96. The molecule has 0 bridgehead atoms. The summed E-state index contributed by atoms with van der Waals surface area (Å²) >= 11 is 0. The van der Waals surface area contributed by atoms with Gasteiger partial charge in [0.15, 0.2) is 0 Å². The Bertz CT molecular complexity index is 903. The normalized spacial score (nSPS) is 16.0. The minimum absolute atomic E-state index is 0.0443. The van der Waals surface area contributed by atoms with Gasteiger partial charge in [-0.2, -0.15) is 0 Å². The Balaban J connectivity index is 1.71. The van der Waals surface area contributed by atoms with Crippen molar-refractivity contribution in [3.63, 3.8) is 0 Å². The van der Waals surface area contributed by atoms with Gasteiger partial charge in [0, 0.05) is 11.4 Å². The molecule has 6 heteroatoms. The minimum Gasteiger partial charge on any atom is -0.352 e. The largest absolute Gasteiger partial charge is 0.352 e. The van der Waals surface area contributed by atoms with Crippen LogP contribution in [0.25, 0.3) is 10.8 Å². The molecule has 0 unspecified atom stereocenters. The highest BCUT2D eigenvalue weighted by Crippen LogP contribution is 2.41. The number of carbonyl (C=O) groups is 1. The SMILES string of the molecule is CCCCCC[C@H](C)NC(=O)CN1c2cccc3cccc(c23)S1(=O)=O. The maximum atomic E-state index is 12.9. The third kappa shape index (κ3) is 3.56. The van der Waals surface area contributed by atoms with Crippen LogP contribution in [-0.2, 0) is 14.8 Å². The van der Waals surface area contributed by atoms with Crippen molar-refractivity contribution in [3.8, 4) is 0 Å². The molecule has 1 aliphatic heterocycles. The number of benzene rings is 2. The van der Waals surface area contributed by atoms with Crippen LogP contribution in [0.4, 0.5) is 5.69 Å². The first kappa shape index (κ1) is 18.7. The average Bonchev–Trinajstić information content (AvgIpc) is 2.82. The number of nitrogens with one attached hydrogen (secondary N) is 1. The van der Waals surface area contributed by atoms with E-state index in [1.165, 1.54) is 17.1 Å². The molecule has 0 saturated heterocycles. The number of carbonyl (C=O) groups excluding carboxylic acids is 1. The lowest BCUT2D eigenvalue weighted by Crippen LogP contribution is -2.42. The van der Waals surface area contributed by atoms with Crippen LogP contribution in [0, 0.1) is 0 Å². The minimum atomic E-state index is -3.68. The number of rotatable bonds is 8. The predicted molar refractivity (Wildman–Crippen MR) is 105 cm³/mol. The van der Waals surface area contributed by atoms with E-state index in [0.29, 0.717) is 11.1 Å². The lowest BCUT2D eigenvalue weighted by atomic mass is 10.1. The fourth-order valence-electron chi connectivity index (χ4n) is 3.53. The molecule has 26 heavy (non-hydrogen) atoms. The standard InChI is InChI=1S/C20H26N2O3S/c1-3-4-5-6-9-15(2)21-19(23)14-22-17-12-7-10-16-11-8-13-18(20(16)17)26(22,24)25/h7-8,10-13,15H,3-6,9,14H2,1-2H3,(H,21,23)/t15-/m0/s1. The summed E-state index contributed by atoms with van der Waals surface area (Å²) in [6.07, 6.45) is 5.53. The van der Waals surface area contributed by atoms with E-state index in [1.54, 1.807) is 18.2 Å². The summed E-state index contributed by atoms with van der Waals surface area (Å²) in [6.45, 7) is 3.95. The van der Waals surface area contributed by atoms with Gasteiger partial charge in [-0.05, 0) is 30.9 Å². The highest BCUT2D eigenvalue weighted by molar-refractivity contribution is 7.93. The van der Waals surface area contributed by atoms with Gasteiger partial charge in [-0.25, -0.2) is 8.42 Å². The zero-order valence-electron chi connectivity index (χ0n) is 15.4. The molecule has 0 fully saturated rings. The quantitative estimate of drug-likeness (QED) is 0.714. The molecule has 1 heterocycles. The Morgan fingerprint density at radius 1 is 1.12 bits per heavy atom. The molecule has 1 amide bonds. The van der Waals surface area contributed by atoms with Gasteiger partial charge in [0.25, 0.3) is 10.0 Å². The fourth-order valence-corrected chi connectivity index (χ4v) is 5.20. The van der Waals surface area contributed by atoms with Gasteiger partial charge in [0.2, 0.25) is 5.91 Å². The molecular weight excluding hydrogens is 348 g/mol. The lowest BCUT2D eigenvalue weighted by Gasteiger charge is -2.20. The molecule has 0 aliphatic carbocycles. The maximum Gasteiger partial charge on any atom is 0.265 e. The lowest BCUT2D eigenvalue weighted by molar-refractivity contribution is -0.120. The fraction of sp³-hybridized carbons (Fsp3) is 0.450. The third-order valence-electron chi connectivity index (χ3n) is 4.87. The van der Waals surface area contributed by atoms with Crippen molar-refractivity contribution in [2.24, 2.45) is 0 Å². The van der Waals surface area contributed by atoms with Crippen LogP contribution in [0.5, 0.6) is 0 Å². The van der Waals surface area contributed by atoms with Gasteiger partial charge in [-0.3, -0.25) is 9.10 Å². The Labute approximate surface area is 155 Å². The van der Waals surface area contributed by atoms with E-state index in [0.717, 1.165) is 24.6 Å². The first-order valence-electron chi connectivity index (χ1n) is 9.29. The summed E-state index contributed by atoms with van der Waals surface area (Å²) in [7, 11) is -3.68. The molecule has 140 valence electrons. The number of hydrogen-bond donors (Lipinski definition) is 1. The first-order chi connectivity index (χ1) is 12.4. The van der Waals surface area contributed by atoms with Gasteiger partial charge in [0.05, 0.1) is 10.6 Å². The van der Waals surface area contributed by atoms with Crippen LogP contribution in [0.3, 0.4) is 0 Å². The number of amides is 1. The summed E-state index contributed by atoms with van der Waals surface area (Å²) in [5.41, 5.74) is 0.587. The zero-order chi connectivity index (χ0) is 18.7. The molecule has 5 nitrogen and oxygen atoms in total. The van der Waals surface area contributed by atoms with Crippen LogP contribution >= 0.6 is 0 Å². The Morgan fingerprint density at radius 3 is 2.58 bits per heavy atom. The van der Waals surface area contributed by atoms with Crippen molar-refractivity contribution < 1.29 is 13.2 Å². The van der Waals surface area contributed by atoms with E-state index in [4.69, 9.17) is 0 Å². The van der Waals surface area contributed by atoms with Crippen molar-refractivity contribution in [1.29, 1.82) is 0 Å². The molecule has 2 aromatic carbocycles. The van der Waals surface area contributed by atoms with E-state index in [-0.39, 0.29) is 23.4 Å². The number of sulfonamides is 1. The Kier molecular flexibility index (Phi) is 5.51. The van der Waals surface area contributed by atoms with E-state index < -0.39 is 10.0 Å². The van der Waals surface area contributed by atoms with E-state index in [2.05, 4.69) is 12.2 Å². The second kappa shape index (κ2) is 7.66. The molecular formula is C20H26N2O3S. The summed E-state index contributed by atoms with van der Waals surface area (Å²) in [5, 5.41) is 4.51. The van der Waals surface area contributed by atoms with Crippen LogP contribution in [-0.4, -0.2) is 26.9 Å². The van der Waals surface area contributed by atoms with Crippen LogP contribution in [0.15, 0.2) is 41.3 Å². The summed E-state index contributed by atoms with van der Waals surface area (Å²) in [5.74, 6) is -0.263. The van der Waals surface area contributed by atoms with Gasteiger partial charge in [-0.15, -0.1) is 0 Å². The summed E-state index contributed by atoms with van der Waals surface area (Å²) in [6, 6.07) is 10.8. The van der Waals surface area contributed by atoms with E-state index in [9.17, 15) is 13.2 Å². The van der Waals surface area contributed by atoms with Gasteiger partial charge >= 0.3 is 0 Å². The van der Waals surface area contributed by atoms with Crippen LogP contribution in [0.1, 0.15) is 46.0 Å². The van der Waals surface area contributed by atoms with Crippen molar-refractivity contribution in [3.05, 3.63) is 36.4 Å². The van der Waals surface area contributed by atoms with Gasteiger partial charge in [0.1, 0.15) is 6.54 Å². The maximum absolute atomic E-state index is 12.9. The van der Waals surface area contributed by atoms with E-state index >= 15 is 0 Å². The summed E-state index contributed by atoms with van der Waals surface area (Å²) < 4.78 is 27.0. The first-order valence-corrected chi connectivity index (χ1v) is 10.7. The molecule has 1 atom stereocenters. The van der Waals surface area contributed by atoms with Crippen molar-refractivity contribution in [1.82, 2.24) is 5.32 Å². The third-order valence-corrected chi connectivity index (χ3v) is 6.67. The molecule has 1 N–H and O–H groups in total. The van der Waals surface area contributed by atoms with Crippen molar-refractivity contribution >= 4 is 32.4 Å². The average molecular weight is 375 g/mol. The van der Waals surface area contributed by atoms with Crippen LogP contribution < -0.4 is 9.62 Å². The molecule has 0 radical (unpaired) electrons. The predicted octanol–water partition coefficient (Wildman–Crippen LogP) is 3.82. The molecule has 0 aromatic heterocycles. The molecule has 0 spiro atoms. The monoisotopic (exact) mass is 374 g/mol. The van der Waals surface area contributed by atoms with Crippen molar-refractivity contribution in [2.75, 3.05) is 10.8 Å². The van der Waals surface area contributed by atoms with Gasteiger partial charge < -0.3 is 5.32 Å². The van der Waals surface area contributed by atoms with Crippen molar-refractivity contribution in [2.45, 2.75) is 56.9 Å². The highest BCUT2D eigenvalue weighted by Gasteiger charge is 2.36. The second-order valence-corrected chi connectivity index (χ2v) is 8.79. The Morgan fingerprint density at radius 2 is 1.85 bits per heavy atom. The zero-order valence-corrected chi connectivity index (χ0v) is 16.2. The van der Waals surface area contributed by atoms with Gasteiger partial charge in [-0.1, -0.05) is 56.9 Å². The topological polar surface area (TPSA) is 66.5 Å². The van der Waals surface area contributed by atoms with E-state index in [1.807, 2.05) is 25.1 Å². The summed E-state index contributed by atoms with van der Waals surface area (Å²) in [4.78, 5) is 12.7. The number of anilines is 1.